The van der Waals surface area contributed by atoms with Gasteiger partial charge in [-0.3, -0.25) is 0 Å². The fourth-order valence-electron chi connectivity index (χ4n) is 6.17. The van der Waals surface area contributed by atoms with E-state index in [9.17, 15) is 0 Å². The van der Waals surface area contributed by atoms with Gasteiger partial charge in [-0.2, -0.15) is 0 Å². The Bertz CT molecular complexity index is 1670. The Labute approximate surface area is 208 Å². The summed E-state index contributed by atoms with van der Waals surface area (Å²) in [6.07, 6.45) is 3.28. The Balaban J connectivity index is 1.81. The average molecular weight is 461 g/mol. The van der Waals surface area contributed by atoms with Crippen LogP contribution in [-0.4, -0.2) is 0 Å². The van der Waals surface area contributed by atoms with Crippen LogP contribution in [-0.2, 0) is 18.9 Å². The molecule has 2 heterocycles. The lowest BCUT2D eigenvalue weighted by molar-refractivity contribution is -0.659. The van der Waals surface area contributed by atoms with Crippen molar-refractivity contribution < 1.29 is 9.30 Å². The highest BCUT2D eigenvalue weighted by molar-refractivity contribution is 6.16. The number of aromatic nitrogens is 1. The van der Waals surface area contributed by atoms with Crippen molar-refractivity contribution in [2.75, 3.05) is 0 Å². The molecule has 2 nitrogen and oxygen atoms in total. The van der Waals surface area contributed by atoms with Gasteiger partial charge in [0.1, 0.15) is 18.5 Å². The number of nitrogens with zero attached hydrogens (tertiary/aromatic N) is 1. The van der Waals surface area contributed by atoms with Crippen LogP contribution in [0.3, 0.4) is 0 Å². The minimum Gasteiger partial charge on any atom is -0.455 e. The van der Waals surface area contributed by atoms with Crippen LogP contribution in [0.2, 0.25) is 0 Å². The van der Waals surface area contributed by atoms with Crippen molar-refractivity contribution in [3.8, 4) is 22.8 Å². The normalized spacial score (nSPS) is 13.0. The van der Waals surface area contributed by atoms with Gasteiger partial charge in [0.25, 0.3) is 0 Å². The smallest absolute Gasteiger partial charge is 0.228 e. The molecule has 2 heteroatoms. The van der Waals surface area contributed by atoms with E-state index in [1.165, 1.54) is 60.3 Å². The highest BCUT2D eigenvalue weighted by Gasteiger charge is 2.36. The lowest BCUT2D eigenvalue weighted by Crippen LogP contribution is -2.32. The molecule has 6 rings (SSSR count). The van der Waals surface area contributed by atoms with Gasteiger partial charge in [0.15, 0.2) is 6.20 Å². The molecule has 0 saturated carbocycles. The number of fused-ring (bicyclic) bond motifs is 5. The largest absolute Gasteiger partial charge is 0.455 e. The van der Waals surface area contributed by atoms with Crippen LogP contribution in [0.15, 0.2) is 60.8 Å². The lowest BCUT2D eigenvalue weighted by Gasteiger charge is -2.30. The van der Waals surface area contributed by atoms with E-state index in [4.69, 9.17) is 4.74 Å². The van der Waals surface area contributed by atoms with Gasteiger partial charge < -0.3 is 4.74 Å². The number of hydrogen-bond acceptors (Lipinski definition) is 1. The van der Waals surface area contributed by atoms with Crippen LogP contribution in [0.25, 0.3) is 43.6 Å². The maximum Gasteiger partial charge on any atom is 0.228 e. The number of hydrogen-bond donors (Lipinski definition) is 0. The molecule has 0 spiro atoms. The molecule has 0 unspecified atom stereocenters. The predicted molar refractivity (Wildman–Crippen MR) is 148 cm³/mol. The first-order valence-corrected chi connectivity index (χ1v) is 12.8. The lowest BCUT2D eigenvalue weighted by atomic mass is 9.78. The first kappa shape index (κ1) is 22.1. The Hall–Kier alpha value is -3.39. The zero-order valence-electron chi connectivity index (χ0n) is 21.9. The van der Waals surface area contributed by atoms with Crippen LogP contribution in [0.4, 0.5) is 0 Å². The highest BCUT2D eigenvalue weighted by atomic mass is 16.5. The summed E-state index contributed by atoms with van der Waals surface area (Å²) in [6, 6.07) is 20.1. The second-order valence-electron chi connectivity index (χ2n) is 11.7. The maximum absolute atomic E-state index is 7.01. The summed E-state index contributed by atoms with van der Waals surface area (Å²) in [5.74, 6) is 2.59. The molecule has 1 aliphatic rings. The second kappa shape index (κ2) is 7.55. The van der Waals surface area contributed by atoms with Crippen LogP contribution in [0, 0.1) is 12.8 Å². The molecule has 0 bridgehead atoms. The van der Waals surface area contributed by atoms with Gasteiger partial charge in [-0.05, 0) is 63.4 Å². The minimum absolute atomic E-state index is 0.0684. The van der Waals surface area contributed by atoms with E-state index in [0.717, 1.165) is 17.9 Å². The van der Waals surface area contributed by atoms with E-state index in [1.807, 2.05) is 0 Å². The molecule has 5 aromatic rings. The van der Waals surface area contributed by atoms with Gasteiger partial charge in [-0.15, -0.1) is 0 Å². The van der Waals surface area contributed by atoms with E-state index < -0.39 is 0 Å². The Morgan fingerprint density at radius 2 is 1.57 bits per heavy atom. The molecule has 0 N–H and O–H groups in total. The van der Waals surface area contributed by atoms with E-state index in [-0.39, 0.29) is 5.41 Å². The van der Waals surface area contributed by atoms with Gasteiger partial charge >= 0.3 is 0 Å². The third-order valence-corrected chi connectivity index (χ3v) is 7.59. The monoisotopic (exact) mass is 460 g/mol. The molecule has 0 atom stereocenters. The fraction of sp³-hybridized carbons (Fsp3) is 0.303. The third kappa shape index (κ3) is 3.19. The first-order chi connectivity index (χ1) is 16.7. The molecule has 1 aliphatic heterocycles. The maximum atomic E-state index is 7.01. The van der Waals surface area contributed by atoms with Gasteiger partial charge in [0.2, 0.25) is 5.69 Å². The van der Waals surface area contributed by atoms with E-state index >= 15 is 0 Å². The Morgan fingerprint density at radius 1 is 0.857 bits per heavy atom. The second-order valence-corrected chi connectivity index (χ2v) is 11.7. The van der Waals surface area contributed by atoms with Crippen molar-refractivity contribution in [2.45, 2.75) is 53.4 Å². The van der Waals surface area contributed by atoms with Crippen molar-refractivity contribution >= 4 is 32.3 Å². The quantitative estimate of drug-likeness (QED) is 0.186. The number of benzene rings is 4. The number of aryl methyl sites for hydroxylation is 2. The van der Waals surface area contributed by atoms with Crippen LogP contribution in [0.1, 0.15) is 51.3 Å². The zero-order chi connectivity index (χ0) is 24.6. The summed E-state index contributed by atoms with van der Waals surface area (Å²) in [5.41, 5.74) is 6.38. The molecule has 0 aliphatic carbocycles. The molecule has 4 aromatic carbocycles. The molecule has 0 saturated heterocycles. The summed E-state index contributed by atoms with van der Waals surface area (Å²) < 4.78 is 9.29. The predicted octanol–water partition coefficient (Wildman–Crippen LogP) is 8.55. The highest BCUT2D eigenvalue weighted by Crippen LogP contribution is 2.54. The average Bonchev–Trinajstić information content (AvgIpc) is 2.80. The molecule has 0 fully saturated rings. The fourth-order valence-corrected chi connectivity index (χ4v) is 6.17. The summed E-state index contributed by atoms with van der Waals surface area (Å²) in [7, 11) is 2.17. The number of pyridine rings is 1. The minimum atomic E-state index is -0.0684. The molecule has 1 aromatic heterocycles. The third-order valence-electron chi connectivity index (χ3n) is 7.59. The van der Waals surface area contributed by atoms with Gasteiger partial charge in [0, 0.05) is 17.0 Å². The Kier molecular flexibility index (Phi) is 4.77. The van der Waals surface area contributed by atoms with Gasteiger partial charge in [-0.1, -0.05) is 77.1 Å². The SMILES string of the molecule is Cc1c2c(c(C(C)(C)C)c3ccccc13)Oc1cc3c(CC(C)C)cccc3c3cc[n+](C)c-2c13. The van der Waals surface area contributed by atoms with Crippen molar-refractivity contribution in [1.82, 2.24) is 0 Å². The van der Waals surface area contributed by atoms with Gasteiger partial charge in [-0.25, -0.2) is 4.57 Å². The molecule has 35 heavy (non-hydrogen) atoms. The molecule has 0 amide bonds. The van der Waals surface area contributed by atoms with E-state index in [1.54, 1.807) is 0 Å². The van der Waals surface area contributed by atoms with Crippen molar-refractivity contribution in [1.29, 1.82) is 0 Å². The summed E-state index contributed by atoms with van der Waals surface area (Å²) in [6.45, 7) is 13.7. The van der Waals surface area contributed by atoms with E-state index in [0.29, 0.717) is 5.92 Å². The summed E-state index contributed by atoms with van der Waals surface area (Å²) in [5, 5.41) is 7.70. The Morgan fingerprint density at radius 3 is 2.29 bits per heavy atom. The number of ether oxygens (including phenoxy) is 1. The summed E-state index contributed by atoms with van der Waals surface area (Å²) >= 11 is 0. The molecular formula is C33H34NO+. The van der Waals surface area contributed by atoms with Crippen LogP contribution >= 0.6 is 0 Å². The number of rotatable bonds is 2. The standard InChI is InChI=1S/C33H34NO/c1-19(2)17-21-11-10-14-23-24-15-16-34(7)31-28-20(3)22-12-8-9-13-25(22)30(33(4,5)6)32(28)35-27(29(24)31)18-26(21)23/h8-16,18-19H,17H2,1-7H3/q+1. The van der Waals surface area contributed by atoms with Crippen molar-refractivity contribution in [3.63, 3.8) is 0 Å². The van der Waals surface area contributed by atoms with Crippen LogP contribution in [0.5, 0.6) is 11.5 Å². The van der Waals surface area contributed by atoms with Crippen LogP contribution < -0.4 is 9.30 Å². The van der Waals surface area contributed by atoms with Crippen molar-refractivity contribution in [2.24, 2.45) is 13.0 Å². The molecular weight excluding hydrogens is 426 g/mol. The molecule has 176 valence electrons. The first-order valence-electron chi connectivity index (χ1n) is 12.8. The topological polar surface area (TPSA) is 13.1 Å². The van der Waals surface area contributed by atoms with E-state index in [2.05, 4.69) is 114 Å². The van der Waals surface area contributed by atoms with Gasteiger partial charge in [0.05, 0.1) is 10.9 Å². The zero-order valence-corrected chi connectivity index (χ0v) is 21.9. The van der Waals surface area contributed by atoms with Crippen molar-refractivity contribution in [3.05, 3.63) is 77.5 Å². The summed E-state index contributed by atoms with van der Waals surface area (Å²) in [4.78, 5) is 0. The molecule has 0 radical (unpaired) electrons.